The topological polar surface area (TPSA) is 68.0 Å². The van der Waals surface area contributed by atoms with Gasteiger partial charge in [-0.25, -0.2) is 9.67 Å². The molecular weight excluding hydrogens is 385 g/mol. The van der Waals surface area contributed by atoms with Gasteiger partial charge in [-0.15, -0.1) is 0 Å². The molecule has 0 aliphatic rings. The molecule has 1 N–H and O–H groups in total. The van der Waals surface area contributed by atoms with Crippen LogP contribution in [-0.4, -0.2) is 25.7 Å². The lowest BCUT2D eigenvalue weighted by Gasteiger charge is -2.28. The van der Waals surface area contributed by atoms with E-state index in [0.717, 1.165) is 0 Å². The van der Waals surface area contributed by atoms with Gasteiger partial charge in [-0.2, -0.15) is 5.10 Å². The van der Waals surface area contributed by atoms with Crippen molar-refractivity contribution >= 4 is 40.6 Å². The molecule has 0 bridgehead atoms. The zero-order valence-corrected chi connectivity index (χ0v) is 15.0. The number of halogens is 3. The minimum Gasteiger partial charge on any atom is -0.375 e. The number of hydrogen-bond acceptors (Lipinski definition) is 4. The molecule has 5 nitrogen and oxygen atoms in total. The molecule has 0 amide bonds. The Kier molecular flexibility index (Phi) is 5.11. The lowest BCUT2D eigenvalue weighted by Crippen LogP contribution is -2.40. The van der Waals surface area contributed by atoms with Crippen molar-refractivity contribution < 1.29 is 9.90 Å². The van der Waals surface area contributed by atoms with Crippen LogP contribution in [0.2, 0.25) is 15.1 Å². The van der Waals surface area contributed by atoms with Crippen LogP contribution in [0.4, 0.5) is 0 Å². The Balaban J connectivity index is 2.10. The van der Waals surface area contributed by atoms with E-state index in [-0.39, 0.29) is 22.7 Å². The fraction of sp³-hybridized carbons (Fsp3) is 0.118. The highest BCUT2D eigenvalue weighted by molar-refractivity contribution is 6.35. The molecule has 0 spiro atoms. The number of hydrogen-bond donors (Lipinski definition) is 1. The summed E-state index contributed by atoms with van der Waals surface area (Å²) >= 11 is 18.1. The molecule has 0 saturated heterocycles. The third-order valence-electron chi connectivity index (χ3n) is 3.72. The molecule has 3 aromatic rings. The molecule has 1 unspecified atom stereocenters. The lowest BCUT2D eigenvalue weighted by atomic mass is 9.85. The van der Waals surface area contributed by atoms with E-state index in [1.807, 2.05) is 0 Å². The number of nitrogens with zero attached hydrogens (tertiary/aromatic N) is 3. The summed E-state index contributed by atoms with van der Waals surface area (Å²) < 4.78 is 1.36. The molecule has 0 radical (unpaired) electrons. The minimum absolute atomic E-state index is 0.157. The molecule has 1 atom stereocenters. The van der Waals surface area contributed by atoms with Gasteiger partial charge in [0.1, 0.15) is 12.7 Å². The van der Waals surface area contributed by atoms with Crippen LogP contribution in [0.25, 0.3) is 0 Å². The van der Waals surface area contributed by atoms with Gasteiger partial charge in [0, 0.05) is 26.2 Å². The Morgan fingerprint density at radius 3 is 2.36 bits per heavy atom. The fourth-order valence-corrected chi connectivity index (χ4v) is 3.18. The van der Waals surface area contributed by atoms with Gasteiger partial charge in [-0.3, -0.25) is 4.79 Å². The van der Waals surface area contributed by atoms with Gasteiger partial charge in [0.05, 0.1) is 6.54 Å². The molecule has 25 heavy (non-hydrogen) atoms. The van der Waals surface area contributed by atoms with E-state index < -0.39 is 11.4 Å². The van der Waals surface area contributed by atoms with Gasteiger partial charge in [0.15, 0.2) is 5.60 Å². The summed E-state index contributed by atoms with van der Waals surface area (Å²) in [7, 11) is 0. The summed E-state index contributed by atoms with van der Waals surface area (Å²) in [6.07, 6.45) is 2.72. The largest absolute Gasteiger partial charge is 0.375 e. The standard InChI is InChI=1S/C17H12Cl3N3O2/c18-12-3-1-11(2-4-12)16(24)17(25,8-23-10-21-9-22-23)14-6-5-13(19)7-15(14)20/h1-7,9-10,25H,8H2. The monoisotopic (exact) mass is 395 g/mol. The molecule has 0 fully saturated rings. The van der Waals surface area contributed by atoms with E-state index in [4.69, 9.17) is 34.8 Å². The van der Waals surface area contributed by atoms with Crippen molar-refractivity contribution in [3.05, 3.63) is 81.3 Å². The smallest absolute Gasteiger partial charge is 0.200 e. The van der Waals surface area contributed by atoms with Crippen LogP contribution in [0.15, 0.2) is 55.1 Å². The zero-order valence-electron chi connectivity index (χ0n) is 12.7. The van der Waals surface area contributed by atoms with Crippen LogP contribution in [0.5, 0.6) is 0 Å². The summed E-state index contributed by atoms with van der Waals surface area (Å²) in [5.74, 6) is -0.538. The maximum atomic E-state index is 13.1. The van der Waals surface area contributed by atoms with Crippen LogP contribution in [0.3, 0.4) is 0 Å². The molecule has 3 rings (SSSR count). The SMILES string of the molecule is O=C(c1ccc(Cl)cc1)C(O)(Cn1cncn1)c1ccc(Cl)cc1Cl. The average Bonchev–Trinajstić information content (AvgIpc) is 3.07. The Bertz CT molecular complexity index is 898. The fourth-order valence-electron chi connectivity index (χ4n) is 2.49. The zero-order chi connectivity index (χ0) is 18.0. The van der Waals surface area contributed by atoms with Gasteiger partial charge in [0.25, 0.3) is 0 Å². The van der Waals surface area contributed by atoms with E-state index in [0.29, 0.717) is 10.0 Å². The molecule has 2 aromatic carbocycles. The first-order valence-electron chi connectivity index (χ1n) is 7.21. The first kappa shape index (κ1) is 17.9. The van der Waals surface area contributed by atoms with E-state index in [1.165, 1.54) is 29.5 Å². The second-order valence-corrected chi connectivity index (χ2v) is 6.69. The van der Waals surface area contributed by atoms with Crippen LogP contribution < -0.4 is 0 Å². The molecule has 8 heteroatoms. The van der Waals surface area contributed by atoms with Gasteiger partial charge >= 0.3 is 0 Å². The van der Waals surface area contributed by atoms with Crippen molar-refractivity contribution in [3.63, 3.8) is 0 Å². The van der Waals surface area contributed by atoms with Gasteiger partial charge in [-0.05, 0) is 36.4 Å². The predicted molar refractivity (Wildman–Crippen MR) is 96.2 cm³/mol. The van der Waals surface area contributed by atoms with Crippen LogP contribution in [-0.2, 0) is 12.1 Å². The third kappa shape index (κ3) is 3.70. The number of carbonyl (C=O) groups is 1. The van der Waals surface area contributed by atoms with Crippen molar-refractivity contribution in [2.75, 3.05) is 0 Å². The van der Waals surface area contributed by atoms with E-state index >= 15 is 0 Å². The van der Waals surface area contributed by atoms with E-state index in [1.54, 1.807) is 30.3 Å². The lowest BCUT2D eigenvalue weighted by molar-refractivity contribution is 0.0182. The number of ketones is 1. The van der Waals surface area contributed by atoms with Crippen molar-refractivity contribution in [2.24, 2.45) is 0 Å². The highest BCUT2D eigenvalue weighted by atomic mass is 35.5. The predicted octanol–water partition coefficient (Wildman–Crippen LogP) is 4.01. The van der Waals surface area contributed by atoms with Gasteiger partial charge < -0.3 is 5.11 Å². The maximum absolute atomic E-state index is 13.1. The number of aliphatic hydroxyl groups is 1. The number of carbonyl (C=O) groups excluding carboxylic acids is 1. The van der Waals surface area contributed by atoms with Gasteiger partial charge in [-0.1, -0.05) is 40.9 Å². The Hall–Kier alpha value is -1.92. The highest BCUT2D eigenvalue weighted by Crippen LogP contribution is 2.34. The van der Waals surface area contributed by atoms with E-state index in [2.05, 4.69) is 10.1 Å². The molecule has 0 aliphatic heterocycles. The summed E-state index contributed by atoms with van der Waals surface area (Å²) in [5, 5.41) is 16.3. The summed E-state index contributed by atoms with van der Waals surface area (Å²) in [5.41, 5.74) is -1.43. The number of aromatic nitrogens is 3. The van der Waals surface area contributed by atoms with Gasteiger partial charge in [0.2, 0.25) is 5.78 Å². The Morgan fingerprint density at radius 2 is 1.76 bits per heavy atom. The summed E-state index contributed by atoms with van der Waals surface area (Å²) in [6.45, 7) is -0.157. The molecule has 0 aliphatic carbocycles. The van der Waals surface area contributed by atoms with Crippen molar-refractivity contribution in [1.29, 1.82) is 0 Å². The van der Waals surface area contributed by atoms with Crippen molar-refractivity contribution in [3.8, 4) is 0 Å². The molecule has 1 aromatic heterocycles. The van der Waals surface area contributed by atoms with Crippen molar-refractivity contribution in [1.82, 2.24) is 14.8 Å². The normalized spacial score (nSPS) is 13.4. The minimum atomic E-state index is -1.96. The summed E-state index contributed by atoms with van der Waals surface area (Å²) in [6, 6.07) is 10.8. The molecule has 1 heterocycles. The van der Waals surface area contributed by atoms with Crippen LogP contribution in [0, 0.1) is 0 Å². The molecule has 0 saturated carbocycles. The summed E-state index contributed by atoms with van der Waals surface area (Å²) in [4.78, 5) is 16.9. The number of rotatable bonds is 5. The first-order chi connectivity index (χ1) is 11.9. The maximum Gasteiger partial charge on any atom is 0.200 e. The number of Topliss-reactive ketones (excluding diaryl/α,β-unsaturated/α-hetero) is 1. The average molecular weight is 397 g/mol. The Labute approximate surface area is 158 Å². The molecule has 128 valence electrons. The van der Waals surface area contributed by atoms with Crippen molar-refractivity contribution in [2.45, 2.75) is 12.1 Å². The van der Waals surface area contributed by atoms with Crippen LogP contribution in [0.1, 0.15) is 15.9 Å². The number of benzene rings is 2. The van der Waals surface area contributed by atoms with E-state index in [9.17, 15) is 9.90 Å². The molecular formula is C17H12Cl3N3O2. The third-order valence-corrected chi connectivity index (χ3v) is 4.52. The van der Waals surface area contributed by atoms with Crippen LogP contribution >= 0.6 is 34.8 Å². The Morgan fingerprint density at radius 1 is 1.08 bits per heavy atom. The quantitative estimate of drug-likeness (QED) is 0.662. The highest BCUT2D eigenvalue weighted by Gasteiger charge is 2.41. The first-order valence-corrected chi connectivity index (χ1v) is 8.34. The second kappa shape index (κ2) is 7.14. The second-order valence-electron chi connectivity index (χ2n) is 5.41.